The van der Waals surface area contributed by atoms with Crippen molar-refractivity contribution in [3.05, 3.63) is 29.1 Å². The van der Waals surface area contributed by atoms with Gasteiger partial charge in [0.25, 0.3) is 0 Å². The number of nitrogens with zero attached hydrogens (tertiary/aromatic N) is 2. The third kappa shape index (κ3) is 3.45. The van der Waals surface area contributed by atoms with Crippen LogP contribution < -0.4 is 9.62 Å². The summed E-state index contributed by atoms with van der Waals surface area (Å²) in [7, 11) is -3.20. The van der Waals surface area contributed by atoms with Crippen LogP contribution in [0.4, 0.5) is 10.8 Å². The Hall–Kier alpha value is -1.64. The van der Waals surface area contributed by atoms with Gasteiger partial charge in [-0.25, -0.2) is 13.4 Å². The van der Waals surface area contributed by atoms with Crippen molar-refractivity contribution in [1.29, 1.82) is 0 Å². The van der Waals surface area contributed by atoms with Gasteiger partial charge < -0.3 is 10.1 Å². The number of nitrogens with one attached hydrogen (secondary N) is 1. The van der Waals surface area contributed by atoms with Gasteiger partial charge in [0.1, 0.15) is 0 Å². The van der Waals surface area contributed by atoms with Gasteiger partial charge in [-0.2, -0.15) is 0 Å². The van der Waals surface area contributed by atoms with Crippen LogP contribution >= 0.6 is 11.3 Å². The van der Waals surface area contributed by atoms with Crippen molar-refractivity contribution < 1.29 is 13.2 Å². The molecule has 0 amide bonds. The Kier molecular flexibility index (Phi) is 4.90. The zero-order valence-electron chi connectivity index (χ0n) is 14.8. The van der Waals surface area contributed by atoms with Crippen molar-refractivity contribution in [2.24, 2.45) is 0 Å². The normalized spacial score (nSPS) is 19.7. The van der Waals surface area contributed by atoms with E-state index >= 15 is 0 Å². The second-order valence-electron chi connectivity index (χ2n) is 6.62. The summed E-state index contributed by atoms with van der Waals surface area (Å²) in [4.78, 5) is 4.67. The van der Waals surface area contributed by atoms with E-state index in [-0.39, 0.29) is 11.9 Å². The number of thiazole rings is 1. The van der Waals surface area contributed by atoms with Crippen LogP contribution in [-0.4, -0.2) is 45.0 Å². The summed E-state index contributed by atoms with van der Waals surface area (Å²) in [6.07, 6.45) is 3.27. The van der Waals surface area contributed by atoms with E-state index in [2.05, 4.69) is 16.4 Å². The molecule has 2 aromatic rings. The number of aromatic nitrogens is 1. The second kappa shape index (κ2) is 7.17. The molecule has 0 bridgehead atoms. The number of hydrogen-bond donors (Lipinski definition) is 1. The first-order chi connectivity index (χ1) is 12.6. The van der Waals surface area contributed by atoms with Crippen molar-refractivity contribution in [3.8, 4) is 11.3 Å². The Morgan fingerprint density at radius 3 is 3.08 bits per heavy atom. The Labute approximate surface area is 158 Å². The molecule has 1 saturated heterocycles. The molecule has 0 unspecified atom stereocenters. The Balaban J connectivity index is 1.49. The van der Waals surface area contributed by atoms with Gasteiger partial charge in [0, 0.05) is 30.6 Å². The van der Waals surface area contributed by atoms with Gasteiger partial charge in [-0.15, -0.1) is 11.3 Å². The topological polar surface area (TPSA) is 71.5 Å². The van der Waals surface area contributed by atoms with Crippen LogP contribution in [0.5, 0.6) is 0 Å². The number of hydrogen-bond acceptors (Lipinski definition) is 6. The summed E-state index contributed by atoms with van der Waals surface area (Å²) >= 11 is 1.59. The number of sulfonamides is 1. The maximum absolute atomic E-state index is 12.2. The van der Waals surface area contributed by atoms with Crippen molar-refractivity contribution in [1.82, 2.24) is 4.98 Å². The standard InChI is InChI=1S/C18H23N3O3S2/c1-2-26(22,23)21-8-7-14-10-13(5-6-17(14)21)16-12-25-18(20-16)19-11-15-4-3-9-24-15/h5-6,10,12,15H,2-4,7-9,11H2,1H3,(H,19,20)/t15-/m1/s1. The molecule has 8 heteroatoms. The molecule has 4 rings (SSSR count). The van der Waals surface area contributed by atoms with E-state index in [0.29, 0.717) is 6.54 Å². The van der Waals surface area contributed by atoms with Crippen LogP contribution in [0.25, 0.3) is 11.3 Å². The Bertz CT molecular complexity index is 889. The van der Waals surface area contributed by atoms with E-state index < -0.39 is 10.0 Å². The largest absolute Gasteiger partial charge is 0.376 e. The molecule has 26 heavy (non-hydrogen) atoms. The van der Waals surface area contributed by atoms with E-state index in [1.165, 1.54) is 4.31 Å². The lowest BCUT2D eigenvalue weighted by atomic mass is 10.1. The summed E-state index contributed by atoms with van der Waals surface area (Å²) in [5, 5.41) is 6.29. The first-order valence-electron chi connectivity index (χ1n) is 9.01. The smallest absolute Gasteiger partial charge is 0.234 e. The predicted octanol–water partition coefficient (Wildman–Crippen LogP) is 3.11. The molecule has 140 valence electrons. The fourth-order valence-corrected chi connectivity index (χ4v) is 5.36. The molecule has 1 aromatic carbocycles. The SMILES string of the molecule is CCS(=O)(=O)N1CCc2cc(-c3csc(NC[C@H]4CCCO4)n3)ccc21. The lowest BCUT2D eigenvalue weighted by Crippen LogP contribution is -2.30. The number of ether oxygens (including phenoxy) is 1. The van der Waals surface area contributed by atoms with Crippen molar-refractivity contribution >= 4 is 32.2 Å². The number of rotatable bonds is 6. The molecule has 2 aliphatic rings. The molecule has 1 N–H and O–H groups in total. The van der Waals surface area contributed by atoms with Crippen molar-refractivity contribution in [2.75, 3.05) is 35.1 Å². The number of benzene rings is 1. The monoisotopic (exact) mass is 393 g/mol. The van der Waals surface area contributed by atoms with Crippen molar-refractivity contribution in [2.45, 2.75) is 32.3 Å². The van der Waals surface area contributed by atoms with Crippen LogP contribution in [0.1, 0.15) is 25.3 Å². The average molecular weight is 394 g/mol. The molecule has 3 heterocycles. The molecular formula is C18H23N3O3S2. The van der Waals surface area contributed by atoms with E-state index in [1.54, 1.807) is 18.3 Å². The first kappa shape index (κ1) is 17.8. The van der Waals surface area contributed by atoms with Crippen LogP contribution in [0.2, 0.25) is 0 Å². The first-order valence-corrected chi connectivity index (χ1v) is 11.5. The lowest BCUT2D eigenvalue weighted by Gasteiger charge is -2.18. The highest BCUT2D eigenvalue weighted by molar-refractivity contribution is 7.92. The van der Waals surface area contributed by atoms with Gasteiger partial charge in [-0.1, -0.05) is 6.07 Å². The van der Waals surface area contributed by atoms with Crippen LogP contribution in [-0.2, 0) is 21.2 Å². The minimum atomic E-state index is -3.20. The molecule has 0 saturated carbocycles. The van der Waals surface area contributed by atoms with Crippen molar-refractivity contribution in [3.63, 3.8) is 0 Å². The van der Waals surface area contributed by atoms with Gasteiger partial charge in [0.2, 0.25) is 10.0 Å². The van der Waals surface area contributed by atoms with E-state index in [1.807, 2.05) is 17.5 Å². The third-order valence-electron chi connectivity index (χ3n) is 4.94. The quantitative estimate of drug-likeness (QED) is 0.816. The fourth-order valence-electron chi connectivity index (χ4n) is 3.47. The summed E-state index contributed by atoms with van der Waals surface area (Å²) in [6, 6.07) is 5.93. The van der Waals surface area contributed by atoms with E-state index in [9.17, 15) is 8.42 Å². The fraction of sp³-hybridized carbons (Fsp3) is 0.500. The second-order valence-corrected chi connectivity index (χ2v) is 9.66. The molecule has 2 aliphatic heterocycles. The maximum Gasteiger partial charge on any atom is 0.234 e. The van der Waals surface area contributed by atoms with Crippen LogP contribution in [0, 0.1) is 0 Å². The minimum Gasteiger partial charge on any atom is -0.376 e. The van der Waals surface area contributed by atoms with Gasteiger partial charge in [-0.05, 0) is 43.9 Å². The Morgan fingerprint density at radius 2 is 2.31 bits per heavy atom. The molecule has 0 radical (unpaired) electrons. The van der Waals surface area contributed by atoms with E-state index in [0.717, 1.165) is 60.1 Å². The summed E-state index contributed by atoms with van der Waals surface area (Å²) < 4.78 is 31.6. The minimum absolute atomic E-state index is 0.125. The molecule has 1 aromatic heterocycles. The van der Waals surface area contributed by atoms with Crippen LogP contribution in [0.3, 0.4) is 0 Å². The third-order valence-corrected chi connectivity index (χ3v) is 7.52. The summed E-state index contributed by atoms with van der Waals surface area (Å²) in [6.45, 7) is 3.86. The van der Waals surface area contributed by atoms with Crippen LogP contribution in [0.15, 0.2) is 23.6 Å². The molecule has 6 nitrogen and oxygen atoms in total. The highest BCUT2D eigenvalue weighted by atomic mass is 32.2. The molecule has 1 atom stereocenters. The summed E-state index contributed by atoms with van der Waals surface area (Å²) in [5.41, 5.74) is 3.83. The zero-order chi connectivity index (χ0) is 18.1. The summed E-state index contributed by atoms with van der Waals surface area (Å²) in [5.74, 6) is 0.125. The maximum atomic E-state index is 12.2. The molecule has 0 aliphatic carbocycles. The van der Waals surface area contributed by atoms with Gasteiger partial charge in [-0.3, -0.25) is 4.31 Å². The van der Waals surface area contributed by atoms with E-state index in [4.69, 9.17) is 4.74 Å². The molecular weight excluding hydrogens is 370 g/mol. The number of fused-ring (bicyclic) bond motifs is 1. The lowest BCUT2D eigenvalue weighted by molar-refractivity contribution is 0.120. The van der Waals surface area contributed by atoms with Gasteiger partial charge in [0.15, 0.2) is 5.13 Å². The highest BCUT2D eigenvalue weighted by Crippen LogP contribution is 2.35. The Morgan fingerprint density at radius 1 is 1.42 bits per heavy atom. The number of anilines is 2. The zero-order valence-corrected chi connectivity index (χ0v) is 16.4. The van der Waals surface area contributed by atoms with Gasteiger partial charge >= 0.3 is 0 Å². The molecule has 0 spiro atoms. The predicted molar refractivity (Wildman–Crippen MR) is 106 cm³/mol. The molecule has 1 fully saturated rings. The van der Waals surface area contributed by atoms with Gasteiger partial charge in [0.05, 0.1) is 23.2 Å². The highest BCUT2D eigenvalue weighted by Gasteiger charge is 2.28. The average Bonchev–Trinajstić information content (AvgIpc) is 3.38.